The van der Waals surface area contributed by atoms with Gasteiger partial charge in [0, 0.05) is 18.1 Å². The van der Waals surface area contributed by atoms with Crippen LogP contribution in [0.25, 0.3) is 0 Å². The molecule has 0 radical (unpaired) electrons. The summed E-state index contributed by atoms with van der Waals surface area (Å²) in [5.41, 5.74) is 0.530. The van der Waals surface area contributed by atoms with E-state index in [0.29, 0.717) is 22.6 Å². The number of nitrogens with one attached hydrogen (secondary N) is 1. The fourth-order valence-corrected chi connectivity index (χ4v) is 2.86. The molecule has 168 valence electrons. The highest BCUT2D eigenvalue weighted by Gasteiger charge is 2.24. The molecule has 9 heteroatoms. The number of ether oxygens (including phenoxy) is 3. The summed E-state index contributed by atoms with van der Waals surface area (Å²) >= 11 is 5.77. The van der Waals surface area contributed by atoms with Crippen molar-refractivity contribution in [1.29, 1.82) is 0 Å². The molecule has 0 fully saturated rings. The van der Waals surface area contributed by atoms with Crippen molar-refractivity contribution in [3.8, 4) is 11.5 Å². The molecule has 7 nitrogen and oxygen atoms in total. The third-order valence-electron chi connectivity index (χ3n) is 4.06. The second kappa shape index (κ2) is 10.3. The van der Waals surface area contributed by atoms with Crippen LogP contribution >= 0.6 is 11.6 Å². The molecule has 1 unspecified atom stereocenters. The number of carbonyl (C=O) groups is 2. The number of benzene rings is 2. The average molecular weight is 454 g/mol. The van der Waals surface area contributed by atoms with Crippen molar-refractivity contribution in [2.75, 3.05) is 7.11 Å². The zero-order chi connectivity index (χ0) is 23.2. The van der Waals surface area contributed by atoms with E-state index < -0.39 is 29.5 Å². The number of alkyl carbamates (subject to hydrolysis) is 1. The van der Waals surface area contributed by atoms with Gasteiger partial charge in [0.25, 0.3) is 0 Å². The first-order chi connectivity index (χ1) is 14.5. The number of hydrogen-bond donors (Lipinski definition) is 2. The third-order valence-corrected chi connectivity index (χ3v) is 4.35. The molecule has 0 aromatic heterocycles. The molecule has 1 atom stereocenters. The minimum atomic E-state index is -1.19. The number of carbonyl (C=O) groups excluding carboxylic acids is 1. The largest absolute Gasteiger partial charge is 0.496 e. The summed E-state index contributed by atoms with van der Waals surface area (Å²) in [6.45, 7) is 5.14. The summed E-state index contributed by atoms with van der Waals surface area (Å²) in [7, 11) is 1.50. The van der Waals surface area contributed by atoms with Crippen LogP contribution in [0.2, 0.25) is 5.02 Å². The van der Waals surface area contributed by atoms with Crippen molar-refractivity contribution in [1.82, 2.24) is 5.32 Å². The van der Waals surface area contributed by atoms with Gasteiger partial charge >= 0.3 is 12.1 Å². The van der Waals surface area contributed by atoms with Gasteiger partial charge in [0.05, 0.1) is 12.1 Å². The Labute approximate surface area is 185 Å². The number of hydrogen-bond acceptors (Lipinski definition) is 5. The Morgan fingerprint density at radius 2 is 1.90 bits per heavy atom. The number of halogens is 2. The van der Waals surface area contributed by atoms with E-state index in [1.807, 2.05) is 0 Å². The van der Waals surface area contributed by atoms with Crippen LogP contribution in [0.15, 0.2) is 36.4 Å². The van der Waals surface area contributed by atoms with Gasteiger partial charge in [-0.15, -0.1) is 0 Å². The SMILES string of the molecule is COc1ccc(CC(NC(=O)OC(C)(C)C)C(=O)O)cc1COc1ccc(F)c(Cl)c1. The number of amides is 1. The highest BCUT2D eigenvalue weighted by molar-refractivity contribution is 6.30. The first-order valence-corrected chi connectivity index (χ1v) is 9.82. The van der Waals surface area contributed by atoms with Crippen LogP contribution in [0, 0.1) is 5.82 Å². The Balaban J connectivity index is 2.14. The van der Waals surface area contributed by atoms with Crippen LogP contribution in [0.1, 0.15) is 31.9 Å². The van der Waals surface area contributed by atoms with Crippen molar-refractivity contribution >= 4 is 23.7 Å². The molecule has 2 rings (SSSR count). The first kappa shape index (κ1) is 24.3. The van der Waals surface area contributed by atoms with Gasteiger partial charge in [-0.3, -0.25) is 0 Å². The lowest BCUT2D eigenvalue weighted by molar-refractivity contribution is -0.139. The summed E-state index contributed by atoms with van der Waals surface area (Å²) in [6.07, 6.45) is -0.793. The Bertz CT molecular complexity index is 944. The Hall–Kier alpha value is -3.00. The maximum absolute atomic E-state index is 13.3. The van der Waals surface area contributed by atoms with Gasteiger partial charge in [0.2, 0.25) is 0 Å². The van der Waals surface area contributed by atoms with Crippen molar-refractivity contribution < 1.29 is 33.3 Å². The van der Waals surface area contributed by atoms with Crippen molar-refractivity contribution in [2.45, 2.75) is 45.4 Å². The van der Waals surface area contributed by atoms with Gasteiger partial charge in [-0.1, -0.05) is 17.7 Å². The van der Waals surface area contributed by atoms with E-state index in [2.05, 4.69) is 5.32 Å². The van der Waals surface area contributed by atoms with Gasteiger partial charge in [0.15, 0.2) is 0 Å². The lowest BCUT2D eigenvalue weighted by Gasteiger charge is -2.22. The van der Waals surface area contributed by atoms with E-state index in [9.17, 15) is 19.1 Å². The van der Waals surface area contributed by atoms with E-state index in [-0.39, 0.29) is 18.1 Å². The lowest BCUT2D eigenvalue weighted by Crippen LogP contribution is -2.44. The number of carboxylic acid groups (broad SMARTS) is 1. The molecule has 0 aliphatic rings. The molecular formula is C22H25ClFNO6. The molecule has 0 heterocycles. The highest BCUT2D eigenvalue weighted by atomic mass is 35.5. The van der Waals surface area contributed by atoms with E-state index in [1.54, 1.807) is 39.0 Å². The summed E-state index contributed by atoms with van der Waals surface area (Å²) < 4.78 is 29.4. The van der Waals surface area contributed by atoms with Crippen molar-refractivity contribution in [3.05, 3.63) is 58.4 Å². The van der Waals surface area contributed by atoms with Gasteiger partial charge < -0.3 is 24.6 Å². The molecule has 2 aromatic carbocycles. The fourth-order valence-electron chi connectivity index (χ4n) is 2.69. The van der Waals surface area contributed by atoms with Gasteiger partial charge in [-0.05, 0) is 50.6 Å². The zero-order valence-corrected chi connectivity index (χ0v) is 18.5. The second-order valence-electron chi connectivity index (χ2n) is 7.75. The Morgan fingerprint density at radius 3 is 2.48 bits per heavy atom. The van der Waals surface area contributed by atoms with Crippen LogP contribution in [0.3, 0.4) is 0 Å². The van der Waals surface area contributed by atoms with Crippen LogP contribution in [-0.4, -0.2) is 35.9 Å². The van der Waals surface area contributed by atoms with E-state index in [1.165, 1.54) is 25.3 Å². The van der Waals surface area contributed by atoms with Crippen molar-refractivity contribution in [3.63, 3.8) is 0 Å². The molecule has 1 amide bonds. The van der Waals surface area contributed by atoms with E-state index in [4.69, 9.17) is 25.8 Å². The quantitative estimate of drug-likeness (QED) is 0.607. The minimum Gasteiger partial charge on any atom is -0.496 e. The maximum Gasteiger partial charge on any atom is 0.408 e. The predicted octanol–water partition coefficient (Wildman–Crippen LogP) is 4.59. The van der Waals surface area contributed by atoms with E-state index >= 15 is 0 Å². The predicted molar refractivity (Wildman–Crippen MR) is 113 cm³/mol. The van der Waals surface area contributed by atoms with Gasteiger partial charge in [0.1, 0.15) is 35.6 Å². The first-order valence-electron chi connectivity index (χ1n) is 9.44. The monoisotopic (exact) mass is 453 g/mol. The molecule has 2 N–H and O–H groups in total. The van der Waals surface area contributed by atoms with Crippen molar-refractivity contribution in [2.24, 2.45) is 0 Å². The van der Waals surface area contributed by atoms with Gasteiger partial charge in [-0.2, -0.15) is 0 Å². The van der Waals surface area contributed by atoms with E-state index in [0.717, 1.165) is 0 Å². The molecule has 0 bridgehead atoms. The van der Waals surface area contributed by atoms with Crippen LogP contribution in [0.4, 0.5) is 9.18 Å². The van der Waals surface area contributed by atoms with Crippen LogP contribution in [0.5, 0.6) is 11.5 Å². The fraction of sp³-hybridized carbons (Fsp3) is 0.364. The third kappa shape index (κ3) is 7.64. The smallest absolute Gasteiger partial charge is 0.408 e. The number of rotatable bonds is 8. The molecule has 0 saturated carbocycles. The lowest BCUT2D eigenvalue weighted by atomic mass is 10.0. The highest BCUT2D eigenvalue weighted by Crippen LogP contribution is 2.25. The molecule has 0 saturated heterocycles. The number of methoxy groups -OCH3 is 1. The summed E-state index contributed by atoms with van der Waals surface area (Å²) in [5, 5.41) is 11.8. The van der Waals surface area contributed by atoms with Crippen LogP contribution in [-0.2, 0) is 22.6 Å². The summed E-state index contributed by atoms with van der Waals surface area (Å²) in [5.74, 6) is -0.843. The standard InChI is InChI=1S/C22H25ClFNO6/c1-22(2,3)31-21(28)25-18(20(26)27)10-13-5-8-19(29-4)14(9-13)12-30-15-6-7-17(24)16(23)11-15/h5-9,11,18H,10,12H2,1-4H3,(H,25,28)(H,26,27). The minimum absolute atomic E-state index is 0.0218. The maximum atomic E-state index is 13.3. The number of aliphatic carboxylic acids is 1. The average Bonchev–Trinajstić information content (AvgIpc) is 2.67. The Morgan fingerprint density at radius 1 is 1.19 bits per heavy atom. The molecule has 0 spiro atoms. The summed E-state index contributed by atoms with van der Waals surface area (Å²) in [4.78, 5) is 23.6. The molecule has 0 aliphatic carbocycles. The topological polar surface area (TPSA) is 94.1 Å². The molecule has 2 aromatic rings. The van der Waals surface area contributed by atoms with Crippen LogP contribution < -0.4 is 14.8 Å². The summed E-state index contributed by atoms with van der Waals surface area (Å²) in [6, 6.07) is 7.91. The molecule has 31 heavy (non-hydrogen) atoms. The molecular weight excluding hydrogens is 429 g/mol. The second-order valence-corrected chi connectivity index (χ2v) is 8.16. The normalized spacial score (nSPS) is 12.1. The zero-order valence-electron chi connectivity index (χ0n) is 17.7. The number of carboxylic acids is 1. The van der Waals surface area contributed by atoms with Gasteiger partial charge in [-0.25, -0.2) is 14.0 Å². The Kier molecular flexibility index (Phi) is 8.10. The molecule has 0 aliphatic heterocycles.